The van der Waals surface area contributed by atoms with Gasteiger partial charge in [-0.3, -0.25) is 10.1 Å². The summed E-state index contributed by atoms with van der Waals surface area (Å²) in [6, 6.07) is 4.91. The fourth-order valence-electron chi connectivity index (χ4n) is 1.75. The number of nitro benzene ring substituents is 1. The summed E-state index contributed by atoms with van der Waals surface area (Å²) in [6.07, 6.45) is 0. The predicted octanol–water partition coefficient (Wildman–Crippen LogP) is 3.02. The molecule has 1 atom stereocenters. The molecule has 2 N–H and O–H groups in total. The molecule has 0 saturated heterocycles. The highest BCUT2D eigenvalue weighted by atomic mass is 32.2. The summed E-state index contributed by atoms with van der Waals surface area (Å²) in [4.78, 5) is 17.7. The van der Waals surface area contributed by atoms with E-state index in [1.807, 2.05) is 11.8 Å². The third-order valence-electron chi connectivity index (χ3n) is 2.63. The van der Waals surface area contributed by atoms with Crippen LogP contribution in [-0.4, -0.2) is 32.4 Å². The molecule has 0 saturated carbocycles. The van der Waals surface area contributed by atoms with Crippen LogP contribution in [0, 0.1) is 10.1 Å². The van der Waals surface area contributed by atoms with Gasteiger partial charge < -0.3 is 10.3 Å². The van der Waals surface area contributed by atoms with Crippen molar-refractivity contribution in [3.05, 3.63) is 28.3 Å². The van der Waals surface area contributed by atoms with Crippen molar-refractivity contribution >= 4 is 34.4 Å². The van der Waals surface area contributed by atoms with Crippen LogP contribution in [0.15, 0.2) is 18.2 Å². The number of anilines is 1. The summed E-state index contributed by atoms with van der Waals surface area (Å²) in [6.45, 7) is 4.20. The van der Waals surface area contributed by atoms with Crippen molar-refractivity contribution in [2.45, 2.75) is 19.9 Å². The van der Waals surface area contributed by atoms with Crippen LogP contribution in [0.5, 0.6) is 0 Å². The van der Waals surface area contributed by atoms with E-state index in [9.17, 15) is 10.1 Å². The Balaban J connectivity index is 2.15. The van der Waals surface area contributed by atoms with E-state index < -0.39 is 4.92 Å². The summed E-state index contributed by atoms with van der Waals surface area (Å²) < 4.78 is 0. The monoisotopic (exact) mass is 280 g/mol. The number of nitrogens with zero attached hydrogens (tertiary/aromatic N) is 2. The molecule has 2 aromatic rings. The van der Waals surface area contributed by atoms with Crippen LogP contribution in [0.25, 0.3) is 11.0 Å². The fourth-order valence-corrected chi connectivity index (χ4v) is 2.42. The molecule has 0 amide bonds. The molecule has 0 bridgehead atoms. The number of imidazole rings is 1. The molecule has 1 aromatic carbocycles. The van der Waals surface area contributed by atoms with Gasteiger partial charge in [-0.15, -0.1) is 0 Å². The fraction of sp³-hybridized carbons (Fsp3) is 0.417. The summed E-state index contributed by atoms with van der Waals surface area (Å²) in [5.74, 6) is 2.73. The van der Waals surface area contributed by atoms with Crippen LogP contribution in [0.3, 0.4) is 0 Å². The maximum absolute atomic E-state index is 10.7. The number of hydrogen-bond acceptors (Lipinski definition) is 5. The molecular weight excluding hydrogens is 264 g/mol. The van der Waals surface area contributed by atoms with Gasteiger partial charge in [-0.2, -0.15) is 11.8 Å². The summed E-state index contributed by atoms with van der Waals surface area (Å²) >= 11 is 1.86. The van der Waals surface area contributed by atoms with Gasteiger partial charge in [-0.05, 0) is 18.7 Å². The van der Waals surface area contributed by atoms with Gasteiger partial charge in [-0.1, -0.05) is 6.92 Å². The van der Waals surface area contributed by atoms with Gasteiger partial charge in [0, 0.05) is 23.9 Å². The number of thioether (sulfide) groups is 1. The minimum atomic E-state index is -0.409. The summed E-state index contributed by atoms with van der Waals surface area (Å²) in [7, 11) is 0. The molecule has 0 aliphatic rings. The van der Waals surface area contributed by atoms with Crippen molar-refractivity contribution in [3.63, 3.8) is 0 Å². The second-order valence-corrected chi connectivity index (χ2v) is 5.57. The van der Waals surface area contributed by atoms with Crippen LogP contribution >= 0.6 is 11.8 Å². The maximum atomic E-state index is 10.7. The number of nitrogens with one attached hydrogen (secondary N) is 2. The summed E-state index contributed by atoms with van der Waals surface area (Å²) in [5.41, 5.74) is 1.47. The normalized spacial score (nSPS) is 12.5. The lowest BCUT2D eigenvalue weighted by Gasteiger charge is -2.11. The topological polar surface area (TPSA) is 83.8 Å². The molecule has 1 heterocycles. The molecule has 0 spiro atoms. The third kappa shape index (κ3) is 3.37. The Morgan fingerprint density at radius 2 is 2.37 bits per heavy atom. The highest BCUT2D eigenvalue weighted by Gasteiger charge is 2.10. The molecule has 0 radical (unpaired) electrons. The average molecular weight is 280 g/mol. The van der Waals surface area contributed by atoms with E-state index in [4.69, 9.17) is 0 Å². The van der Waals surface area contributed by atoms with Crippen molar-refractivity contribution in [3.8, 4) is 0 Å². The number of benzene rings is 1. The Kier molecular flexibility index (Phi) is 4.26. The largest absolute Gasteiger partial charge is 0.353 e. The molecule has 7 heteroatoms. The molecule has 6 nitrogen and oxygen atoms in total. The number of aromatic amines is 1. The zero-order chi connectivity index (χ0) is 13.8. The van der Waals surface area contributed by atoms with Gasteiger partial charge >= 0.3 is 0 Å². The van der Waals surface area contributed by atoms with Crippen LogP contribution < -0.4 is 5.32 Å². The Hall–Kier alpha value is -1.76. The molecule has 1 unspecified atom stereocenters. The van der Waals surface area contributed by atoms with E-state index >= 15 is 0 Å². The Labute approximate surface area is 115 Å². The SMILES string of the molecule is CCSCC(C)Nc1nc2ccc([N+](=O)[O-])cc2[nH]1. The minimum Gasteiger partial charge on any atom is -0.353 e. The molecular formula is C12H16N4O2S. The van der Waals surface area contributed by atoms with E-state index in [1.165, 1.54) is 12.1 Å². The van der Waals surface area contributed by atoms with Gasteiger partial charge in [0.15, 0.2) is 0 Å². The van der Waals surface area contributed by atoms with Crippen molar-refractivity contribution in [1.82, 2.24) is 9.97 Å². The van der Waals surface area contributed by atoms with E-state index in [-0.39, 0.29) is 5.69 Å². The highest BCUT2D eigenvalue weighted by Crippen LogP contribution is 2.20. The Morgan fingerprint density at radius 3 is 3.05 bits per heavy atom. The first-order valence-corrected chi connectivity index (χ1v) is 7.24. The van der Waals surface area contributed by atoms with E-state index in [0.717, 1.165) is 17.0 Å². The van der Waals surface area contributed by atoms with Crippen LogP contribution in [0.4, 0.5) is 11.6 Å². The Bertz CT molecular complexity index is 584. The van der Waals surface area contributed by atoms with E-state index in [1.54, 1.807) is 6.07 Å². The number of non-ortho nitro benzene ring substituents is 1. The van der Waals surface area contributed by atoms with Gasteiger partial charge in [0.25, 0.3) is 5.69 Å². The molecule has 0 aliphatic heterocycles. The lowest BCUT2D eigenvalue weighted by Crippen LogP contribution is -2.18. The lowest BCUT2D eigenvalue weighted by atomic mass is 10.3. The number of rotatable bonds is 6. The van der Waals surface area contributed by atoms with Crippen molar-refractivity contribution in [1.29, 1.82) is 0 Å². The van der Waals surface area contributed by atoms with Crippen molar-refractivity contribution in [2.75, 3.05) is 16.8 Å². The number of H-pyrrole nitrogens is 1. The molecule has 2 rings (SSSR count). The van der Waals surface area contributed by atoms with Crippen LogP contribution in [0.2, 0.25) is 0 Å². The molecule has 19 heavy (non-hydrogen) atoms. The van der Waals surface area contributed by atoms with E-state index in [0.29, 0.717) is 17.5 Å². The van der Waals surface area contributed by atoms with Gasteiger partial charge in [-0.25, -0.2) is 4.98 Å². The number of hydrogen-bond donors (Lipinski definition) is 2. The predicted molar refractivity (Wildman–Crippen MR) is 78.8 cm³/mol. The van der Waals surface area contributed by atoms with Crippen molar-refractivity contribution in [2.24, 2.45) is 0 Å². The first-order valence-electron chi connectivity index (χ1n) is 6.08. The van der Waals surface area contributed by atoms with Gasteiger partial charge in [0.05, 0.1) is 16.0 Å². The molecule has 1 aromatic heterocycles. The smallest absolute Gasteiger partial charge is 0.271 e. The Morgan fingerprint density at radius 1 is 1.58 bits per heavy atom. The van der Waals surface area contributed by atoms with Gasteiger partial charge in [0.1, 0.15) is 0 Å². The standard InChI is InChI=1S/C12H16N4O2S/c1-3-19-7-8(2)13-12-14-10-5-4-9(16(17)18)6-11(10)15-12/h4-6,8H,3,7H2,1-2H3,(H2,13,14,15). The zero-order valence-corrected chi connectivity index (χ0v) is 11.7. The molecule has 102 valence electrons. The van der Waals surface area contributed by atoms with Gasteiger partial charge in [0.2, 0.25) is 5.95 Å². The number of aromatic nitrogens is 2. The first-order chi connectivity index (χ1) is 9.10. The minimum absolute atomic E-state index is 0.0669. The second kappa shape index (κ2) is 5.92. The molecule has 0 aliphatic carbocycles. The van der Waals surface area contributed by atoms with Crippen LogP contribution in [-0.2, 0) is 0 Å². The van der Waals surface area contributed by atoms with E-state index in [2.05, 4.69) is 29.1 Å². The second-order valence-electron chi connectivity index (χ2n) is 4.25. The van der Waals surface area contributed by atoms with Crippen molar-refractivity contribution < 1.29 is 4.92 Å². The van der Waals surface area contributed by atoms with Crippen LogP contribution in [0.1, 0.15) is 13.8 Å². The molecule has 0 fully saturated rings. The summed E-state index contributed by atoms with van der Waals surface area (Å²) in [5, 5.41) is 14.0. The zero-order valence-electron chi connectivity index (χ0n) is 10.8. The third-order valence-corrected chi connectivity index (χ3v) is 3.78. The maximum Gasteiger partial charge on any atom is 0.271 e. The average Bonchev–Trinajstić information content (AvgIpc) is 2.77. The number of nitro groups is 1. The highest BCUT2D eigenvalue weighted by molar-refractivity contribution is 7.99. The first kappa shape index (κ1) is 13.7. The quantitative estimate of drug-likeness (QED) is 0.627. The lowest BCUT2D eigenvalue weighted by molar-refractivity contribution is -0.384. The number of fused-ring (bicyclic) bond motifs is 1.